The smallest absolute Gasteiger partial charge is 0.221 e. The number of carbonyl (C=O) groups is 2. The third-order valence-corrected chi connectivity index (χ3v) is 4.07. The van der Waals surface area contributed by atoms with Gasteiger partial charge in [-0.25, -0.2) is 14.6 Å². The maximum atomic E-state index is 11.6. The number of Topliss-reactive ketones (excluding diaryl/α,β-unsaturated/α-hetero) is 2. The molecule has 0 radical (unpaired) electrons. The van der Waals surface area contributed by atoms with Gasteiger partial charge in [0.05, 0.1) is 18.3 Å². The van der Waals surface area contributed by atoms with E-state index in [1.807, 2.05) is 24.3 Å². The van der Waals surface area contributed by atoms with Gasteiger partial charge in [-0.15, -0.1) is 5.10 Å². The first-order valence-corrected chi connectivity index (χ1v) is 7.98. The Labute approximate surface area is 147 Å². The molecule has 0 atom stereocenters. The van der Waals surface area contributed by atoms with E-state index < -0.39 is 0 Å². The summed E-state index contributed by atoms with van der Waals surface area (Å²) < 4.78 is 1.60. The molecule has 0 amide bonds. The number of nitrogens with zero attached hydrogens (tertiary/aromatic N) is 6. The number of rotatable bonds is 4. The van der Waals surface area contributed by atoms with Gasteiger partial charge in [0, 0.05) is 24.1 Å². The fourth-order valence-corrected chi connectivity index (χ4v) is 2.68. The van der Waals surface area contributed by atoms with Gasteiger partial charge >= 0.3 is 0 Å². The van der Waals surface area contributed by atoms with Gasteiger partial charge in [-0.1, -0.05) is 11.3 Å². The van der Waals surface area contributed by atoms with Crippen LogP contribution >= 0.6 is 0 Å². The van der Waals surface area contributed by atoms with Crippen molar-refractivity contribution >= 4 is 33.8 Å². The first-order valence-electron chi connectivity index (χ1n) is 7.98. The van der Waals surface area contributed by atoms with Crippen LogP contribution in [0, 0.1) is 0 Å². The summed E-state index contributed by atoms with van der Waals surface area (Å²) in [5.74, 6) is -0.195. The number of aromatic nitrogens is 6. The highest BCUT2D eigenvalue weighted by molar-refractivity contribution is 5.97. The van der Waals surface area contributed by atoms with Crippen molar-refractivity contribution < 1.29 is 9.59 Å². The highest BCUT2D eigenvalue weighted by Crippen LogP contribution is 2.17. The first kappa shape index (κ1) is 15.9. The monoisotopic (exact) mass is 346 g/mol. The topological polar surface area (TPSA) is 104 Å². The fourth-order valence-electron chi connectivity index (χ4n) is 2.68. The molecule has 0 aliphatic heterocycles. The van der Waals surface area contributed by atoms with Crippen molar-refractivity contribution in [2.75, 3.05) is 0 Å². The number of carbonyl (C=O) groups excluding carboxylic acids is 2. The number of hydrogen-bond donors (Lipinski definition) is 0. The number of hydrogen-bond acceptors (Lipinski definition) is 7. The van der Waals surface area contributed by atoms with Crippen LogP contribution in [0.4, 0.5) is 0 Å². The molecular formula is C18H14N6O2. The maximum Gasteiger partial charge on any atom is 0.221 e. The molecule has 4 aromatic rings. The Hall–Kier alpha value is -3.55. The summed E-state index contributed by atoms with van der Waals surface area (Å²) in [6, 6.07) is 7.59. The molecule has 0 unspecified atom stereocenters. The Balaban J connectivity index is 1.74. The van der Waals surface area contributed by atoms with Crippen LogP contribution in [0.3, 0.4) is 0 Å². The van der Waals surface area contributed by atoms with Gasteiger partial charge in [0.1, 0.15) is 5.69 Å². The van der Waals surface area contributed by atoms with Crippen LogP contribution in [0.25, 0.3) is 22.2 Å². The summed E-state index contributed by atoms with van der Waals surface area (Å²) in [7, 11) is 0. The molecule has 0 bridgehead atoms. The molecule has 0 saturated heterocycles. The quantitative estimate of drug-likeness (QED) is 0.522. The lowest BCUT2D eigenvalue weighted by Crippen LogP contribution is -2.05. The van der Waals surface area contributed by atoms with Gasteiger partial charge in [0.15, 0.2) is 17.2 Å². The van der Waals surface area contributed by atoms with Gasteiger partial charge < -0.3 is 0 Å². The molecule has 8 nitrogen and oxygen atoms in total. The Bertz CT molecular complexity index is 1180. The van der Waals surface area contributed by atoms with Crippen molar-refractivity contribution in [1.29, 1.82) is 0 Å². The van der Waals surface area contributed by atoms with Crippen molar-refractivity contribution in [1.82, 2.24) is 29.9 Å². The van der Waals surface area contributed by atoms with Gasteiger partial charge in [0.2, 0.25) is 5.65 Å². The number of benzene rings is 1. The Morgan fingerprint density at radius 2 is 1.88 bits per heavy atom. The molecule has 26 heavy (non-hydrogen) atoms. The second kappa shape index (κ2) is 6.07. The molecular weight excluding hydrogens is 332 g/mol. The molecule has 1 aromatic carbocycles. The predicted molar refractivity (Wildman–Crippen MR) is 94.0 cm³/mol. The van der Waals surface area contributed by atoms with E-state index in [1.165, 1.54) is 20.0 Å². The SMILES string of the molecule is CC(=O)c1cnc2ccc(Cn3nnc4ncc(C(C)=O)nc43)cc2c1. The average molecular weight is 346 g/mol. The molecule has 0 N–H and O–H groups in total. The zero-order valence-electron chi connectivity index (χ0n) is 14.2. The van der Waals surface area contributed by atoms with Gasteiger partial charge in [-0.05, 0) is 30.7 Å². The van der Waals surface area contributed by atoms with E-state index in [9.17, 15) is 9.59 Å². The largest absolute Gasteiger partial charge is 0.294 e. The standard InChI is InChI=1S/C18H14N6O2/c1-10(25)14-6-13-5-12(3-4-15(13)19-7-14)9-24-18-17(22-23-24)20-8-16(21-18)11(2)26/h3-8H,9H2,1-2H3. The van der Waals surface area contributed by atoms with Crippen LogP contribution in [0.5, 0.6) is 0 Å². The van der Waals surface area contributed by atoms with Crippen molar-refractivity contribution in [3.8, 4) is 0 Å². The van der Waals surface area contributed by atoms with E-state index >= 15 is 0 Å². The molecule has 128 valence electrons. The number of ketones is 2. The number of fused-ring (bicyclic) bond motifs is 2. The lowest BCUT2D eigenvalue weighted by atomic mass is 10.1. The van der Waals surface area contributed by atoms with Gasteiger partial charge in [-0.3, -0.25) is 14.6 Å². The summed E-state index contributed by atoms with van der Waals surface area (Å²) in [6.45, 7) is 3.36. The zero-order chi connectivity index (χ0) is 18.3. The summed E-state index contributed by atoms with van der Waals surface area (Å²) >= 11 is 0. The molecule has 8 heteroatoms. The first-order chi connectivity index (χ1) is 12.5. The minimum atomic E-state index is -0.166. The van der Waals surface area contributed by atoms with Gasteiger partial charge in [0.25, 0.3) is 0 Å². The normalized spacial score (nSPS) is 11.2. The molecule has 0 fully saturated rings. The summed E-state index contributed by atoms with van der Waals surface area (Å²) in [5, 5.41) is 8.93. The number of pyridine rings is 1. The summed E-state index contributed by atoms with van der Waals surface area (Å²) in [4.78, 5) is 35.8. The lowest BCUT2D eigenvalue weighted by Gasteiger charge is -2.05. The van der Waals surface area contributed by atoms with Crippen LogP contribution in [-0.2, 0) is 6.54 Å². The Morgan fingerprint density at radius 3 is 2.65 bits per heavy atom. The molecule has 3 heterocycles. The second-order valence-corrected chi connectivity index (χ2v) is 6.01. The average Bonchev–Trinajstić information content (AvgIpc) is 3.03. The molecule has 0 spiro atoms. The van der Waals surface area contributed by atoms with Crippen molar-refractivity contribution in [2.24, 2.45) is 0 Å². The lowest BCUT2D eigenvalue weighted by molar-refractivity contribution is 0.100. The Morgan fingerprint density at radius 1 is 1.04 bits per heavy atom. The second-order valence-electron chi connectivity index (χ2n) is 6.01. The summed E-state index contributed by atoms with van der Waals surface area (Å²) in [6.07, 6.45) is 2.98. The fraction of sp³-hybridized carbons (Fsp3) is 0.167. The molecule has 4 rings (SSSR count). The molecule has 0 saturated carbocycles. The van der Waals surface area contributed by atoms with Crippen molar-refractivity contribution in [2.45, 2.75) is 20.4 Å². The van der Waals surface area contributed by atoms with Crippen LogP contribution < -0.4 is 0 Å². The third kappa shape index (κ3) is 2.81. The minimum Gasteiger partial charge on any atom is -0.294 e. The van der Waals surface area contributed by atoms with Crippen LogP contribution in [-0.4, -0.2) is 41.5 Å². The minimum absolute atomic E-state index is 0.0286. The van der Waals surface area contributed by atoms with E-state index in [4.69, 9.17) is 0 Å². The van der Waals surface area contributed by atoms with E-state index in [0.29, 0.717) is 23.4 Å². The van der Waals surface area contributed by atoms with Crippen LogP contribution in [0.1, 0.15) is 40.3 Å². The van der Waals surface area contributed by atoms with Crippen LogP contribution in [0.15, 0.2) is 36.7 Å². The van der Waals surface area contributed by atoms with E-state index in [-0.39, 0.29) is 17.3 Å². The van der Waals surface area contributed by atoms with E-state index in [2.05, 4.69) is 25.3 Å². The summed E-state index contributed by atoms with van der Waals surface area (Å²) in [5.41, 5.74) is 3.43. The molecule has 0 aliphatic carbocycles. The van der Waals surface area contributed by atoms with Crippen molar-refractivity contribution in [3.05, 3.63) is 53.5 Å². The predicted octanol–water partition coefficient (Wildman–Crippen LogP) is 2.22. The highest BCUT2D eigenvalue weighted by atomic mass is 16.1. The third-order valence-electron chi connectivity index (χ3n) is 4.07. The molecule has 0 aliphatic rings. The zero-order valence-corrected chi connectivity index (χ0v) is 14.2. The Kier molecular flexibility index (Phi) is 3.72. The van der Waals surface area contributed by atoms with E-state index in [0.717, 1.165) is 16.5 Å². The molecule has 3 aromatic heterocycles. The van der Waals surface area contributed by atoms with Crippen LogP contribution in [0.2, 0.25) is 0 Å². The van der Waals surface area contributed by atoms with Gasteiger partial charge in [-0.2, -0.15) is 0 Å². The highest BCUT2D eigenvalue weighted by Gasteiger charge is 2.12. The van der Waals surface area contributed by atoms with E-state index in [1.54, 1.807) is 10.9 Å². The van der Waals surface area contributed by atoms with Crippen molar-refractivity contribution in [3.63, 3.8) is 0 Å². The maximum absolute atomic E-state index is 11.6.